The Morgan fingerprint density at radius 1 is 1.10 bits per heavy atom. The van der Waals surface area contributed by atoms with E-state index in [0.717, 1.165) is 29.7 Å². The monoisotopic (exact) mass is 266 g/mol. The fourth-order valence-electron chi connectivity index (χ4n) is 4.04. The van der Waals surface area contributed by atoms with Crippen LogP contribution < -0.4 is 5.32 Å². The zero-order chi connectivity index (χ0) is 13.5. The van der Waals surface area contributed by atoms with E-state index in [-0.39, 0.29) is 0 Å². The first-order chi connectivity index (χ1) is 9.83. The summed E-state index contributed by atoms with van der Waals surface area (Å²) < 4.78 is 0. The Hall–Kier alpha value is -1.41. The Bertz CT molecular complexity index is 612. The Balaban J connectivity index is 1.53. The Morgan fingerprint density at radius 2 is 1.90 bits per heavy atom. The van der Waals surface area contributed by atoms with Crippen LogP contribution in [0.4, 0.5) is 0 Å². The van der Waals surface area contributed by atoms with Crippen molar-refractivity contribution in [2.24, 2.45) is 17.8 Å². The number of rotatable bonds is 4. The first-order valence-electron chi connectivity index (χ1n) is 7.85. The predicted octanol–water partition coefficient (Wildman–Crippen LogP) is 3.41. The van der Waals surface area contributed by atoms with Crippen LogP contribution in [-0.4, -0.2) is 18.1 Å². The Kier molecular flexibility index (Phi) is 2.99. The Morgan fingerprint density at radius 3 is 2.70 bits per heavy atom. The van der Waals surface area contributed by atoms with Crippen LogP contribution in [0.1, 0.15) is 25.0 Å². The first-order valence-corrected chi connectivity index (χ1v) is 7.85. The molecular formula is C18H22N2. The van der Waals surface area contributed by atoms with Gasteiger partial charge in [-0.1, -0.05) is 24.3 Å². The van der Waals surface area contributed by atoms with Crippen LogP contribution in [0.3, 0.4) is 0 Å². The molecule has 2 aromatic rings. The van der Waals surface area contributed by atoms with E-state index in [1.807, 2.05) is 0 Å². The number of pyridine rings is 1. The van der Waals surface area contributed by atoms with Crippen molar-refractivity contribution in [2.75, 3.05) is 7.05 Å². The van der Waals surface area contributed by atoms with Crippen molar-refractivity contribution in [1.29, 1.82) is 0 Å². The van der Waals surface area contributed by atoms with Gasteiger partial charge in [-0.25, -0.2) is 0 Å². The van der Waals surface area contributed by atoms with Crippen molar-refractivity contribution in [2.45, 2.75) is 31.7 Å². The summed E-state index contributed by atoms with van der Waals surface area (Å²) in [5.41, 5.74) is 2.35. The second kappa shape index (κ2) is 4.85. The van der Waals surface area contributed by atoms with E-state index in [2.05, 4.69) is 48.8 Å². The third-order valence-corrected chi connectivity index (χ3v) is 5.31. The van der Waals surface area contributed by atoms with Gasteiger partial charge in [0, 0.05) is 23.5 Å². The van der Waals surface area contributed by atoms with Crippen LogP contribution in [-0.2, 0) is 6.42 Å². The third-order valence-electron chi connectivity index (χ3n) is 5.31. The summed E-state index contributed by atoms with van der Waals surface area (Å²) >= 11 is 0. The molecule has 3 atom stereocenters. The van der Waals surface area contributed by atoms with Crippen molar-refractivity contribution in [3.8, 4) is 0 Å². The molecule has 1 N–H and O–H groups in total. The van der Waals surface area contributed by atoms with Crippen molar-refractivity contribution >= 4 is 10.9 Å². The average Bonchev–Trinajstić information content (AvgIpc) is 3.11. The number of hydrogen-bond acceptors (Lipinski definition) is 2. The first kappa shape index (κ1) is 12.3. The van der Waals surface area contributed by atoms with E-state index in [4.69, 9.17) is 4.98 Å². The summed E-state index contributed by atoms with van der Waals surface area (Å²) in [5.74, 6) is 2.97. The number of aromatic nitrogens is 1. The molecule has 1 aromatic heterocycles. The summed E-state index contributed by atoms with van der Waals surface area (Å²) in [6, 6.07) is 13.4. The highest BCUT2D eigenvalue weighted by molar-refractivity contribution is 5.78. The number of benzene rings is 1. The summed E-state index contributed by atoms with van der Waals surface area (Å²) in [4.78, 5) is 4.82. The molecule has 2 nitrogen and oxygen atoms in total. The lowest BCUT2D eigenvalue weighted by Crippen LogP contribution is -2.35. The van der Waals surface area contributed by atoms with Gasteiger partial charge in [-0.2, -0.15) is 0 Å². The minimum absolute atomic E-state index is 0.594. The van der Waals surface area contributed by atoms with E-state index in [9.17, 15) is 0 Å². The van der Waals surface area contributed by atoms with Crippen LogP contribution >= 0.6 is 0 Å². The average molecular weight is 266 g/mol. The van der Waals surface area contributed by atoms with Crippen LogP contribution in [0.5, 0.6) is 0 Å². The number of fused-ring (bicyclic) bond motifs is 2. The number of para-hydroxylation sites is 1. The van der Waals surface area contributed by atoms with E-state index in [0.29, 0.717) is 6.04 Å². The maximum atomic E-state index is 4.82. The van der Waals surface area contributed by atoms with Crippen LogP contribution in [0, 0.1) is 17.8 Å². The summed E-state index contributed by atoms with van der Waals surface area (Å²) in [6.07, 6.45) is 5.43. The van der Waals surface area contributed by atoms with E-state index < -0.39 is 0 Å². The number of nitrogens with zero attached hydrogens (tertiary/aromatic N) is 1. The maximum Gasteiger partial charge on any atom is 0.0705 e. The molecular weight excluding hydrogens is 244 g/mol. The number of nitrogens with one attached hydrogen (secondary N) is 1. The SMILES string of the molecule is CNC(Cc1ccc2ccccc2n1)C1CC2CC2C1. The lowest BCUT2D eigenvalue weighted by molar-refractivity contribution is 0.347. The van der Waals surface area contributed by atoms with Gasteiger partial charge < -0.3 is 5.32 Å². The van der Waals surface area contributed by atoms with Gasteiger partial charge in [-0.05, 0) is 56.2 Å². The smallest absolute Gasteiger partial charge is 0.0705 e. The van der Waals surface area contributed by atoms with Crippen molar-refractivity contribution in [1.82, 2.24) is 10.3 Å². The second-order valence-corrected chi connectivity index (χ2v) is 6.58. The standard InChI is InChI=1S/C18H22N2/c1-19-18(15-9-13-8-14(13)10-15)11-16-7-6-12-4-2-3-5-17(12)20-16/h2-7,13-15,18-19H,8-11H2,1H3. The highest BCUT2D eigenvalue weighted by Crippen LogP contribution is 2.55. The van der Waals surface area contributed by atoms with Gasteiger partial charge in [0.2, 0.25) is 0 Å². The molecule has 0 spiro atoms. The molecule has 104 valence electrons. The fourth-order valence-corrected chi connectivity index (χ4v) is 4.04. The van der Waals surface area contributed by atoms with Gasteiger partial charge in [0.15, 0.2) is 0 Å². The van der Waals surface area contributed by atoms with Crippen molar-refractivity contribution in [3.05, 3.63) is 42.1 Å². The minimum atomic E-state index is 0.594. The zero-order valence-electron chi connectivity index (χ0n) is 12.0. The predicted molar refractivity (Wildman–Crippen MR) is 82.6 cm³/mol. The van der Waals surface area contributed by atoms with Gasteiger partial charge in [-0.3, -0.25) is 4.98 Å². The lowest BCUT2D eigenvalue weighted by Gasteiger charge is -2.24. The summed E-state index contributed by atoms with van der Waals surface area (Å²) in [7, 11) is 2.11. The largest absolute Gasteiger partial charge is 0.316 e. The molecule has 0 radical (unpaired) electrons. The van der Waals surface area contributed by atoms with Crippen molar-refractivity contribution < 1.29 is 0 Å². The molecule has 0 saturated heterocycles. The molecule has 0 bridgehead atoms. The maximum absolute atomic E-state index is 4.82. The normalized spacial score (nSPS) is 29.4. The van der Waals surface area contributed by atoms with Crippen LogP contribution in [0.2, 0.25) is 0 Å². The number of likely N-dealkylation sites (N-methyl/N-ethyl adjacent to an activating group) is 1. The quantitative estimate of drug-likeness (QED) is 0.917. The highest BCUT2D eigenvalue weighted by atomic mass is 14.9. The van der Waals surface area contributed by atoms with Gasteiger partial charge >= 0.3 is 0 Å². The van der Waals surface area contributed by atoms with Gasteiger partial charge in [0.05, 0.1) is 5.52 Å². The molecule has 2 heteroatoms. The molecule has 3 unspecified atom stereocenters. The number of hydrogen-bond donors (Lipinski definition) is 1. The lowest BCUT2D eigenvalue weighted by atomic mass is 9.91. The minimum Gasteiger partial charge on any atom is -0.316 e. The zero-order valence-corrected chi connectivity index (χ0v) is 12.0. The fraction of sp³-hybridized carbons (Fsp3) is 0.500. The topological polar surface area (TPSA) is 24.9 Å². The van der Waals surface area contributed by atoms with Crippen LogP contribution in [0.25, 0.3) is 10.9 Å². The van der Waals surface area contributed by atoms with E-state index in [1.165, 1.54) is 30.3 Å². The highest BCUT2D eigenvalue weighted by Gasteiger charge is 2.47. The molecule has 2 saturated carbocycles. The molecule has 1 aromatic carbocycles. The van der Waals surface area contributed by atoms with E-state index >= 15 is 0 Å². The molecule has 4 rings (SSSR count). The molecule has 2 aliphatic rings. The van der Waals surface area contributed by atoms with Crippen molar-refractivity contribution in [3.63, 3.8) is 0 Å². The molecule has 2 aliphatic carbocycles. The molecule has 2 fully saturated rings. The van der Waals surface area contributed by atoms with Gasteiger partial charge in [-0.15, -0.1) is 0 Å². The molecule has 0 aliphatic heterocycles. The molecule has 20 heavy (non-hydrogen) atoms. The second-order valence-electron chi connectivity index (χ2n) is 6.58. The van der Waals surface area contributed by atoms with Crippen LogP contribution in [0.15, 0.2) is 36.4 Å². The Labute approximate surface area is 120 Å². The summed E-state index contributed by atoms with van der Waals surface area (Å²) in [5, 5.41) is 4.78. The van der Waals surface area contributed by atoms with E-state index in [1.54, 1.807) is 0 Å². The molecule has 0 amide bonds. The van der Waals surface area contributed by atoms with Gasteiger partial charge in [0.1, 0.15) is 0 Å². The molecule has 1 heterocycles. The van der Waals surface area contributed by atoms with Gasteiger partial charge in [0.25, 0.3) is 0 Å². The third kappa shape index (κ3) is 2.22. The summed E-state index contributed by atoms with van der Waals surface area (Å²) in [6.45, 7) is 0.